The molecule has 0 aliphatic carbocycles. The summed E-state index contributed by atoms with van der Waals surface area (Å²) >= 11 is 11.2. The minimum Gasteiger partial charge on any atom is -0.484 e. The molecular formula is C15H8Cl2F12N2O2. The number of rotatable bonds is 4. The molecule has 0 saturated carbocycles. The third kappa shape index (κ3) is 4.53. The van der Waals surface area contributed by atoms with Gasteiger partial charge in [0, 0.05) is 5.02 Å². The second kappa shape index (κ2) is 8.23. The van der Waals surface area contributed by atoms with Crippen LogP contribution in [0.3, 0.4) is 0 Å². The van der Waals surface area contributed by atoms with Crippen molar-refractivity contribution in [3.63, 3.8) is 0 Å². The molecule has 4 nitrogen and oxygen atoms in total. The first kappa shape index (κ1) is 27.6. The number of ether oxygens (including phenoxy) is 1. The van der Waals surface area contributed by atoms with Crippen molar-refractivity contribution in [2.24, 2.45) is 0 Å². The second-order valence-corrected chi connectivity index (χ2v) is 7.42. The summed E-state index contributed by atoms with van der Waals surface area (Å²) in [6, 6.07) is -1.25. The van der Waals surface area contributed by atoms with Crippen LogP contribution in [0.4, 0.5) is 52.7 Å². The molecule has 0 bridgehead atoms. The fraction of sp³-hybridized carbons (Fsp3) is 0.533. The first-order chi connectivity index (χ1) is 14.6. The highest BCUT2D eigenvalue weighted by Gasteiger charge is 2.88. The molecule has 1 aromatic carbocycles. The quantitative estimate of drug-likeness (QED) is 0.511. The monoisotopic (exact) mass is 546 g/mol. The van der Waals surface area contributed by atoms with Crippen LogP contribution in [0.15, 0.2) is 18.2 Å². The summed E-state index contributed by atoms with van der Waals surface area (Å²) in [5, 5.41) is -0.673. The van der Waals surface area contributed by atoms with E-state index in [0.717, 1.165) is 18.2 Å². The first-order valence-electron chi connectivity index (χ1n) is 8.05. The van der Waals surface area contributed by atoms with Crippen LogP contribution in [-0.4, -0.2) is 54.3 Å². The predicted octanol–water partition coefficient (Wildman–Crippen LogP) is 5.19. The summed E-state index contributed by atoms with van der Waals surface area (Å²) in [5.74, 6) is -3.00. The molecule has 1 saturated heterocycles. The fourth-order valence-corrected chi connectivity index (χ4v) is 3.43. The Bertz CT molecular complexity index is 882. The van der Waals surface area contributed by atoms with Gasteiger partial charge in [-0.2, -0.15) is 52.7 Å². The lowest BCUT2D eigenvalue weighted by molar-refractivity contribution is -0.337. The van der Waals surface area contributed by atoms with Gasteiger partial charge in [0.25, 0.3) is 5.66 Å². The SMILES string of the molecule is O=C(COc1ccc(Cl)cc1Cl)C1NC(C(F)(F)F)(C(F)(F)F)NC1(C(F)(F)F)C(F)(F)F. The molecule has 188 valence electrons. The molecule has 0 amide bonds. The molecular weight excluding hydrogens is 539 g/mol. The second-order valence-electron chi connectivity index (χ2n) is 6.58. The summed E-state index contributed by atoms with van der Waals surface area (Å²) in [4.78, 5) is 12.2. The average molecular weight is 547 g/mol. The molecule has 1 heterocycles. The molecule has 18 heteroatoms. The highest BCUT2D eigenvalue weighted by Crippen LogP contribution is 2.55. The Kier molecular flexibility index (Phi) is 6.88. The zero-order valence-corrected chi connectivity index (χ0v) is 16.6. The Labute approximate surface area is 185 Å². The number of alkyl halides is 12. The van der Waals surface area contributed by atoms with Crippen molar-refractivity contribution >= 4 is 29.0 Å². The van der Waals surface area contributed by atoms with Crippen LogP contribution in [-0.2, 0) is 4.79 Å². The van der Waals surface area contributed by atoms with Crippen LogP contribution in [0, 0.1) is 0 Å². The maximum atomic E-state index is 13.5. The summed E-state index contributed by atoms with van der Waals surface area (Å²) < 4.78 is 165. The number of carbonyl (C=O) groups excluding carboxylic acids is 1. The van der Waals surface area contributed by atoms with Crippen LogP contribution < -0.4 is 15.4 Å². The van der Waals surface area contributed by atoms with Crippen molar-refractivity contribution in [3.8, 4) is 5.75 Å². The van der Waals surface area contributed by atoms with Gasteiger partial charge >= 0.3 is 24.7 Å². The van der Waals surface area contributed by atoms with Crippen LogP contribution in [0.5, 0.6) is 5.75 Å². The van der Waals surface area contributed by atoms with Gasteiger partial charge in [0.05, 0.1) is 5.02 Å². The standard InChI is InChI=1S/C15H8Cl2F12N2O2/c16-5-1-2-8(6(17)3-5)33-4-7(32)9-10(12(18,19)20,13(21,22)23)31-11(30-9,14(24,25)26)15(27,28)29/h1-3,9,30-31H,4H2. The third-order valence-corrected chi connectivity index (χ3v) is 5.04. The minimum atomic E-state index is -6.87. The van der Waals surface area contributed by atoms with Crippen LogP contribution in [0.1, 0.15) is 0 Å². The molecule has 2 N–H and O–H groups in total. The van der Waals surface area contributed by atoms with Crippen molar-refractivity contribution in [1.82, 2.24) is 10.6 Å². The van der Waals surface area contributed by atoms with Gasteiger partial charge in [-0.25, -0.2) is 0 Å². The zero-order chi connectivity index (χ0) is 25.8. The lowest BCUT2D eigenvalue weighted by atomic mass is 9.87. The first-order valence-corrected chi connectivity index (χ1v) is 8.81. The maximum absolute atomic E-state index is 13.5. The number of Topliss-reactive ketones (excluding diaryl/α,β-unsaturated/α-hetero) is 1. The smallest absolute Gasteiger partial charge is 0.429 e. The van der Waals surface area contributed by atoms with Crippen molar-refractivity contribution in [2.45, 2.75) is 41.9 Å². The van der Waals surface area contributed by atoms with Crippen LogP contribution in [0.25, 0.3) is 0 Å². The number of hydrogen-bond donors (Lipinski definition) is 2. The number of hydrogen-bond acceptors (Lipinski definition) is 4. The van der Waals surface area contributed by atoms with Gasteiger partial charge in [0.15, 0.2) is 5.78 Å². The molecule has 2 rings (SSSR count). The van der Waals surface area contributed by atoms with Crippen molar-refractivity contribution in [1.29, 1.82) is 0 Å². The Morgan fingerprint density at radius 3 is 1.76 bits per heavy atom. The molecule has 0 spiro atoms. The number of ketones is 1. The zero-order valence-electron chi connectivity index (χ0n) is 15.1. The van der Waals surface area contributed by atoms with E-state index in [1.165, 1.54) is 0 Å². The largest absolute Gasteiger partial charge is 0.484 e. The van der Waals surface area contributed by atoms with Crippen molar-refractivity contribution in [3.05, 3.63) is 28.2 Å². The van der Waals surface area contributed by atoms with E-state index >= 15 is 0 Å². The minimum absolute atomic E-state index is 0.0198. The summed E-state index contributed by atoms with van der Waals surface area (Å²) in [5.41, 5.74) is -11.9. The predicted molar refractivity (Wildman–Crippen MR) is 86.7 cm³/mol. The normalized spacial score (nSPS) is 21.2. The molecule has 1 atom stereocenters. The van der Waals surface area contributed by atoms with E-state index in [-0.39, 0.29) is 10.3 Å². The van der Waals surface area contributed by atoms with Gasteiger partial charge < -0.3 is 4.74 Å². The molecule has 1 unspecified atom stereocenters. The fourth-order valence-electron chi connectivity index (χ4n) is 2.97. The van der Waals surface area contributed by atoms with Gasteiger partial charge in [-0.05, 0) is 18.2 Å². The van der Waals surface area contributed by atoms with E-state index in [1.54, 1.807) is 0 Å². The Morgan fingerprint density at radius 2 is 1.36 bits per heavy atom. The van der Waals surface area contributed by atoms with E-state index in [0.29, 0.717) is 0 Å². The Balaban J connectivity index is 2.61. The Hall–Kier alpha value is -1.65. The summed E-state index contributed by atoms with van der Waals surface area (Å²) in [7, 11) is 0. The van der Waals surface area contributed by atoms with Gasteiger partial charge in [-0.15, -0.1) is 0 Å². The van der Waals surface area contributed by atoms with Gasteiger partial charge in [0.1, 0.15) is 18.4 Å². The topological polar surface area (TPSA) is 50.4 Å². The van der Waals surface area contributed by atoms with E-state index in [4.69, 9.17) is 23.2 Å². The lowest BCUT2D eigenvalue weighted by Gasteiger charge is -2.39. The molecule has 33 heavy (non-hydrogen) atoms. The summed E-state index contributed by atoms with van der Waals surface area (Å²) in [6.07, 6.45) is -27.3. The number of halogens is 14. The van der Waals surface area contributed by atoms with Crippen molar-refractivity contribution < 1.29 is 62.2 Å². The highest BCUT2D eigenvalue weighted by atomic mass is 35.5. The van der Waals surface area contributed by atoms with Gasteiger partial charge in [0.2, 0.25) is 5.54 Å². The molecule has 1 aromatic rings. The van der Waals surface area contributed by atoms with E-state index in [2.05, 4.69) is 4.74 Å². The number of carbonyl (C=O) groups is 1. The number of benzene rings is 1. The molecule has 1 aliphatic rings. The van der Waals surface area contributed by atoms with Crippen LogP contribution >= 0.6 is 23.2 Å². The van der Waals surface area contributed by atoms with E-state index in [9.17, 15) is 57.5 Å². The molecule has 1 aliphatic heterocycles. The Morgan fingerprint density at radius 1 is 0.879 bits per heavy atom. The van der Waals surface area contributed by atoms with E-state index in [1.807, 2.05) is 0 Å². The molecule has 0 aromatic heterocycles. The maximum Gasteiger partial charge on any atom is 0.429 e. The third-order valence-electron chi connectivity index (χ3n) is 4.51. The van der Waals surface area contributed by atoms with Crippen molar-refractivity contribution in [2.75, 3.05) is 6.61 Å². The molecule has 1 fully saturated rings. The van der Waals surface area contributed by atoms with Gasteiger partial charge in [-0.1, -0.05) is 23.2 Å². The van der Waals surface area contributed by atoms with E-state index < -0.39 is 70.4 Å². The van der Waals surface area contributed by atoms with Crippen LogP contribution in [0.2, 0.25) is 10.0 Å². The highest BCUT2D eigenvalue weighted by molar-refractivity contribution is 6.35. The average Bonchev–Trinajstić information content (AvgIpc) is 2.99. The lowest BCUT2D eigenvalue weighted by Crippen LogP contribution is -2.76. The summed E-state index contributed by atoms with van der Waals surface area (Å²) in [6.45, 7) is -1.82. The van der Waals surface area contributed by atoms with Gasteiger partial charge in [-0.3, -0.25) is 15.4 Å². The molecule has 0 radical (unpaired) electrons. The number of nitrogens with one attached hydrogen (secondary N) is 2.